The highest BCUT2D eigenvalue weighted by Gasteiger charge is 2.40. The number of imidazole rings is 1. The van der Waals surface area contributed by atoms with Gasteiger partial charge in [0.25, 0.3) is 0 Å². The number of esters is 1. The van der Waals surface area contributed by atoms with Gasteiger partial charge in [-0.15, -0.1) is 0 Å². The Morgan fingerprint density at radius 1 is 1.35 bits per heavy atom. The van der Waals surface area contributed by atoms with Crippen LogP contribution in [0.4, 0.5) is 0 Å². The minimum Gasteiger partial charge on any atom is -0.462 e. The lowest BCUT2D eigenvalue weighted by Gasteiger charge is -2.30. The Morgan fingerprint density at radius 3 is 2.81 bits per heavy atom. The van der Waals surface area contributed by atoms with Crippen molar-refractivity contribution in [2.75, 3.05) is 26.7 Å². The molecular weight excluding hydrogens is 416 g/mol. The zero-order chi connectivity index (χ0) is 23.5. The van der Waals surface area contributed by atoms with Crippen LogP contribution in [0.2, 0.25) is 0 Å². The highest BCUT2D eigenvalue weighted by atomic mass is 32.2. The van der Waals surface area contributed by atoms with Gasteiger partial charge in [0.2, 0.25) is 0 Å². The summed E-state index contributed by atoms with van der Waals surface area (Å²) >= 11 is 0. The number of aryl methyl sites for hydroxylation is 1. The summed E-state index contributed by atoms with van der Waals surface area (Å²) < 4.78 is 41.6. The summed E-state index contributed by atoms with van der Waals surface area (Å²) in [5.41, 5.74) is 2.43. The van der Waals surface area contributed by atoms with Crippen molar-refractivity contribution in [1.29, 1.82) is 0 Å². The number of nitrogens with zero attached hydrogens (tertiary/aromatic N) is 4. The van der Waals surface area contributed by atoms with Gasteiger partial charge in [0.05, 0.1) is 32.3 Å². The van der Waals surface area contributed by atoms with E-state index in [1.807, 2.05) is 17.6 Å². The summed E-state index contributed by atoms with van der Waals surface area (Å²) in [5, 5.41) is 0. The van der Waals surface area contributed by atoms with E-state index in [9.17, 15) is 13.2 Å². The van der Waals surface area contributed by atoms with Crippen molar-refractivity contribution in [2.24, 2.45) is 0 Å². The third-order valence-electron chi connectivity index (χ3n) is 5.07. The van der Waals surface area contributed by atoms with Gasteiger partial charge in [-0.1, -0.05) is 18.7 Å². The molecule has 0 saturated heterocycles. The summed E-state index contributed by atoms with van der Waals surface area (Å²) in [6.45, 7) is 7.36. The molecule has 1 unspecified atom stereocenters. The molecule has 0 spiro atoms. The van der Waals surface area contributed by atoms with Crippen LogP contribution in [0.5, 0.6) is 0 Å². The smallest absolute Gasteiger partial charge is 0.362 e. The molecule has 2 aromatic heterocycles. The SMILES string of the molecule is [2H]c1cc(Cn2c(C)nc3ccncc32)ccc1S(=O)(=O)[N+](C)(CC=C)CC(=O)OCC. The van der Waals surface area contributed by atoms with Crippen molar-refractivity contribution in [2.45, 2.75) is 25.3 Å². The van der Waals surface area contributed by atoms with E-state index in [0.717, 1.165) is 22.4 Å². The monoisotopic (exact) mass is 444 g/mol. The van der Waals surface area contributed by atoms with Crippen molar-refractivity contribution in [1.82, 2.24) is 14.5 Å². The molecule has 164 valence electrons. The van der Waals surface area contributed by atoms with E-state index in [-0.39, 0.29) is 30.6 Å². The summed E-state index contributed by atoms with van der Waals surface area (Å²) in [6, 6.07) is 6.31. The van der Waals surface area contributed by atoms with Crippen molar-refractivity contribution in [3.8, 4) is 0 Å². The molecule has 0 aliphatic heterocycles. The van der Waals surface area contributed by atoms with E-state index in [2.05, 4.69) is 16.5 Å². The maximum atomic E-state index is 13.4. The molecule has 0 radical (unpaired) electrons. The van der Waals surface area contributed by atoms with E-state index >= 15 is 0 Å². The second kappa shape index (κ2) is 8.99. The van der Waals surface area contributed by atoms with E-state index < -0.39 is 19.9 Å². The zero-order valence-corrected chi connectivity index (χ0v) is 18.7. The predicted octanol–water partition coefficient (Wildman–Crippen LogP) is 2.67. The highest BCUT2D eigenvalue weighted by molar-refractivity contribution is 7.86. The molecular formula is C22H27N4O4S+. The zero-order valence-electron chi connectivity index (χ0n) is 18.9. The number of hydrogen-bond donors (Lipinski definition) is 0. The summed E-state index contributed by atoms with van der Waals surface area (Å²) in [6.07, 6.45) is 4.84. The number of quaternary nitrogens is 1. The van der Waals surface area contributed by atoms with Gasteiger partial charge < -0.3 is 9.30 Å². The largest absolute Gasteiger partial charge is 0.462 e. The Bertz CT molecular complexity index is 1270. The Balaban J connectivity index is 1.96. The number of aromatic nitrogens is 3. The Labute approximate surface area is 183 Å². The second-order valence-electron chi connectivity index (χ2n) is 7.38. The van der Waals surface area contributed by atoms with Gasteiger partial charge in [-0.2, -0.15) is 8.42 Å². The number of pyridine rings is 1. The molecule has 0 bridgehead atoms. The van der Waals surface area contributed by atoms with Crippen molar-refractivity contribution in [3.63, 3.8) is 0 Å². The highest BCUT2D eigenvalue weighted by Crippen LogP contribution is 2.24. The minimum absolute atomic E-state index is 0.00441. The quantitative estimate of drug-likeness (QED) is 0.286. The maximum absolute atomic E-state index is 13.4. The molecule has 8 nitrogen and oxygen atoms in total. The van der Waals surface area contributed by atoms with Crippen LogP contribution >= 0.6 is 0 Å². The van der Waals surface area contributed by atoms with Crippen LogP contribution < -0.4 is 0 Å². The van der Waals surface area contributed by atoms with Crippen LogP contribution in [-0.4, -0.2) is 59.6 Å². The van der Waals surface area contributed by atoms with Crippen LogP contribution in [0.3, 0.4) is 0 Å². The van der Waals surface area contributed by atoms with Crippen molar-refractivity contribution >= 4 is 27.0 Å². The van der Waals surface area contributed by atoms with Crippen LogP contribution in [0.1, 0.15) is 19.7 Å². The number of rotatable bonds is 9. The van der Waals surface area contributed by atoms with Gasteiger partial charge >= 0.3 is 16.0 Å². The van der Waals surface area contributed by atoms with Gasteiger partial charge in [-0.3, -0.25) is 4.98 Å². The third kappa shape index (κ3) is 4.52. The number of sulfonamides is 1. The predicted molar refractivity (Wildman–Crippen MR) is 118 cm³/mol. The molecule has 0 saturated carbocycles. The number of fused-ring (bicyclic) bond motifs is 1. The summed E-state index contributed by atoms with van der Waals surface area (Å²) in [4.78, 5) is 20.6. The molecule has 0 aliphatic carbocycles. The first-order valence-electron chi connectivity index (χ1n) is 10.4. The topological polar surface area (TPSA) is 91.1 Å². The molecule has 3 rings (SSSR count). The fraction of sp³-hybridized carbons (Fsp3) is 0.318. The lowest BCUT2D eigenvalue weighted by molar-refractivity contribution is -0.770. The molecule has 9 heteroatoms. The number of hydrogen-bond acceptors (Lipinski definition) is 6. The average Bonchev–Trinajstić information content (AvgIpc) is 3.03. The minimum atomic E-state index is -4.08. The van der Waals surface area contributed by atoms with E-state index in [1.54, 1.807) is 25.4 Å². The lowest BCUT2D eigenvalue weighted by atomic mass is 10.2. The number of carbonyl (C=O) groups excluding carboxylic acids is 1. The van der Waals surface area contributed by atoms with E-state index in [4.69, 9.17) is 6.11 Å². The number of benzene rings is 1. The molecule has 3 aromatic rings. The van der Waals surface area contributed by atoms with E-state index in [1.165, 1.54) is 25.3 Å². The molecule has 1 aromatic carbocycles. The maximum Gasteiger partial charge on any atom is 0.362 e. The molecule has 1 atom stereocenters. The Morgan fingerprint density at radius 2 is 2.13 bits per heavy atom. The molecule has 0 N–H and O–H groups in total. The first kappa shape index (κ1) is 21.2. The second-order valence-corrected chi connectivity index (χ2v) is 9.65. The van der Waals surface area contributed by atoms with Crippen molar-refractivity contribution < 1.29 is 23.2 Å². The summed E-state index contributed by atoms with van der Waals surface area (Å²) in [5.74, 6) is 0.167. The molecule has 2 heterocycles. The number of likely N-dealkylation sites (N-methyl/N-ethyl adjacent to an activating group) is 1. The van der Waals surface area contributed by atoms with Crippen LogP contribution in [0, 0.1) is 6.92 Å². The first-order valence-corrected chi connectivity index (χ1v) is 11.3. The van der Waals surface area contributed by atoms with Gasteiger partial charge in [-0.05, 0) is 43.7 Å². The molecule has 0 aliphatic rings. The third-order valence-corrected chi connectivity index (χ3v) is 7.32. The fourth-order valence-corrected chi connectivity index (χ4v) is 4.91. The molecule has 0 amide bonds. The van der Waals surface area contributed by atoms with E-state index in [0.29, 0.717) is 6.54 Å². The molecule has 0 fully saturated rings. The Kier molecular flexibility index (Phi) is 6.15. The lowest BCUT2D eigenvalue weighted by Crippen LogP contribution is -2.52. The normalized spacial score (nSPS) is 14.1. The average molecular weight is 445 g/mol. The summed E-state index contributed by atoms with van der Waals surface area (Å²) in [7, 11) is -2.65. The fourth-order valence-electron chi connectivity index (χ4n) is 3.41. The Hall–Kier alpha value is -3.04. The van der Waals surface area contributed by atoms with Crippen LogP contribution in [-0.2, 0) is 26.1 Å². The first-order chi connectivity index (χ1) is 15.1. The van der Waals surface area contributed by atoms with Crippen LogP contribution in [0.25, 0.3) is 11.0 Å². The molecule has 31 heavy (non-hydrogen) atoms. The van der Waals surface area contributed by atoms with Gasteiger partial charge in [0, 0.05) is 12.7 Å². The van der Waals surface area contributed by atoms with Gasteiger partial charge in [-0.25, -0.2) is 13.7 Å². The van der Waals surface area contributed by atoms with Gasteiger partial charge in [0.15, 0.2) is 6.54 Å². The van der Waals surface area contributed by atoms with Gasteiger partial charge in [0.1, 0.15) is 17.3 Å². The standard InChI is InChI=1S/C22H27N4O4S/c1-5-13-26(4,16-22(27)30-6-2)31(28,29)19-9-7-18(8-10-19)15-25-17(3)24-20-11-12-23-14-21(20)25/h5,7-12,14H,1,6,13,15-16H2,2-4H3/q+1/i9D. The number of ether oxygens (including phenoxy) is 1. The van der Waals surface area contributed by atoms with Crippen molar-refractivity contribution in [3.05, 3.63) is 66.7 Å². The number of carbonyl (C=O) groups is 1. The van der Waals surface area contributed by atoms with Crippen LogP contribution in [0.15, 0.2) is 60.3 Å².